The number of hydrogen-bond acceptors (Lipinski definition) is 1. The molecule has 0 saturated heterocycles. The van der Waals surface area contributed by atoms with Gasteiger partial charge in [-0.2, -0.15) is 0 Å². The van der Waals surface area contributed by atoms with Crippen molar-refractivity contribution in [2.24, 2.45) is 0 Å². The van der Waals surface area contributed by atoms with E-state index in [4.69, 9.17) is 0 Å². The Kier molecular flexibility index (Phi) is 4.11. The van der Waals surface area contributed by atoms with Gasteiger partial charge in [0.25, 0.3) is 0 Å². The maximum absolute atomic E-state index is 11.1. The predicted octanol–water partition coefficient (Wildman–Crippen LogP) is 3.88. The third kappa shape index (κ3) is 2.78. The first-order chi connectivity index (χ1) is 14.2. The fourth-order valence-corrected chi connectivity index (χ4v) is 6.40. The van der Waals surface area contributed by atoms with Gasteiger partial charge in [-0.3, -0.25) is 0 Å². The number of rotatable bonds is 3. The smallest absolute Gasteiger partial charge is 0.129 e. The van der Waals surface area contributed by atoms with Crippen LogP contribution in [-0.2, 0) is 25.1 Å². The average Bonchev–Trinajstić information content (AvgIpc) is 3.34. The molecule has 6 rings (SSSR count). The molecule has 1 aromatic heterocycles. The summed E-state index contributed by atoms with van der Waals surface area (Å²) in [6.45, 7) is 3.42. The molecular formula is C26H31N2O+. The fourth-order valence-electron chi connectivity index (χ4n) is 6.40. The SMILES string of the molecule is OC1(c2ccc3c(c2)c2c4n3CC[NH+](Cc3ccccc3)[C@H]4CCC2)CCCC1. The van der Waals surface area contributed by atoms with Crippen LogP contribution in [0, 0.1) is 0 Å². The minimum Gasteiger partial charge on any atom is -0.385 e. The predicted molar refractivity (Wildman–Crippen MR) is 116 cm³/mol. The van der Waals surface area contributed by atoms with E-state index in [9.17, 15) is 5.11 Å². The van der Waals surface area contributed by atoms with E-state index < -0.39 is 5.60 Å². The van der Waals surface area contributed by atoms with Gasteiger partial charge in [0.05, 0.1) is 24.4 Å². The minimum absolute atomic E-state index is 0.595. The van der Waals surface area contributed by atoms with E-state index in [1.165, 1.54) is 42.3 Å². The Hall–Kier alpha value is -2.10. The second kappa shape index (κ2) is 6.72. The van der Waals surface area contributed by atoms with Gasteiger partial charge in [0.2, 0.25) is 0 Å². The van der Waals surface area contributed by atoms with Crippen LogP contribution < -0.4 is 4.90 Å². The van der Waals surface area contributed by atoms with Crippen LogP contribution in [0.15, 0.2) is 48.5 Å². The van der Waals surface area contributed by atoms with Gasteiger partial charge >= 0.3 is 0 Å². The van der Waals surface area contributed by atoms with Crippen molar-refractivity contribution in [3.05, 3.63) is 70.9 Å². The lowest BCUT2D eigenvalue weighted by molar-refractivity contribution is -0.950. The monoisotopic (exact) mass is 387 g/mol. The molecule has 3 heteroatoms. The zero-order valence-corrected chi connectivity index (χ0v) is 17.2. The largest absolute Gasteiger partial charge is 0.385 e. The standard InChI is InChI=1S/C26H30N2O/c29-26(13-4-5-14-26)20-11-12-23-22(17-20)21-9-6-10-24-25(21)28(23)16-15-27(24)18-19-7-2-1-3-8-19/h1-3,7-8,11-12,17,24,29H,4-6,9-10,13-16,18H2/p+1/t24-/m0/s1. The van der Waals surface area contributed by atoms with Gasteiger partial charge in [0.1, 0.15) is 12.6 Å². The van der Waals surface area contributed by atoms with E-state index in [1.807, 2.05) is 0 Å². The van der Waals surface area contributed by atoms with Crippen molar-refractivity contribution in [2.45, 2.75) is 69.7 Å². The average molecular weight is 388 g/mol. The molecule has 1 aliphatic heterocycles. The molecule has 1 unspecified atom stereocenters. The van der Waals surface area contributed by atoms with E-state index in [0.717, 1.165) is 44.3 Å². The first kappa shape index (κ1) is 17.7. The zero-order valence-electron chi connectivity index (χ0n) is 17.2. The number of nitrogens with one attached hydrogen (secondary N) is 1. The summed E-state index contributed by atoms with van der Waals surface area (Å²) in [7, 11) is 0. The highest BCUT2D eigenvalue weighted by molar-refractivity contribution is 5.87. The lowest BCUT2D eigenvalue weighted by Gasteiger charge is -2.37. The molecule has 2 aromatic carbocycles. The molecule has 1 fully saturated rings. The van der Waals surface area contributed by atoms with Crippen LogP contribution in [0.4, 0.5) is 0 Å². The third-order valence-electron chi connectivity index (χ3n) is 7.85. The summed E-state index contributed by atoms with van der Waals surface area (Å²) in [5.74, 6) is 0. The Balaban J connectivity index is 1.42. The first-order valence-corrected chi connectivity index (χ1v) is 11.5. The van der Waals surface area contributed by atoms with Gasteiger partial charge in [-0.1, -0.05) is 49.2 Å². The number of hydrogen-bond donors (Lipinski definition) is 2. The number of aromatic nitrogens is 1. The highest BCUT2D eigenvalue weighted by atomic mass is 16.3. The van der Waals surface area contributed by atoms with Crippen LogP contribution in [0.2, 0.25) is 0 Å². The van der Waals surface area contributed by atoms with Gasteiger partial charge in [-0.05, 0) is 48.9 Å². The molecule has 2 N–H and O–H groups in total. The van der Waals surface area contributed by atoms with Crippen molar-refractivity contribution < 1.29 is 10.0 Å². The zero-order chi connectivity index (χ0) is 19.4. The van der Waals surface area contributed by atoms with E-state index in [-0.39, 0.29) is 0 Å². The summed E-state index contributed by atoms with van der Waals surface area (Å²) >= 11 is 0. The van der Waals surface area contributed by atoms with Gasteiger partial charge in [0, 0.05) is 22.9 Å². The van der Waals surface area contributed by atoms with Gasteiger partial charge in [-0.25, -0.2) is 0 Å². The fraction of sp³-hybridized carbons (Fsp3) is 0.462. The van der Waals surface area contributed by atoms with Crippen molar-refractivity contribution >= 4 is 10.9 Å². The summed E-state index contributed by atoms with van der Waals surface area (Å²) in [5, 5.41) is 12.6. The van der Waals surface area contributed by atoms with Crippen LogP contribution in [0.1, 0.15) is 67.0 Å². The van der Waals surface area contributed by atoms with Crippen molar-refractivity contribution in [3.63, 3.8) is 0 Å². The topological polar surface area (TPSA) is 29.6 Å². The van der Waals surface area contributed by atoms with Crippen molar-refractivity contribution in [3.8, 4) is 0 Å². The second-order valence-corrected chi connectivity index (χ2v) is 9.50. The van der Waals surface area contributed by atoms with E-state index in [2.05, 4.69) is 53.1 Å². The maximum atomic E-state index is 11.1. The highest BCUT2D eigenvalue weighted by Gasteiger charge is 2.39. The summed E-state index contributed by atoms with van der Waals surface area (Å²) in [5.41, 5.74) is 6.57. The van der Waals surface area contributed by atoms with E-state index in [0.29, 0.717) is 6.04 Å². The van der Waals surface area contributed by atoms with Crippen LogP contribution in [0.5, 0.6) is 0 Å². The lowest BCUT2D eigenvalue weighted by Crippen LogP contribution is -3.12. The quantitative estimate of drug-likeness (QED) is 0.702. The third-order valence-corrected chi connectivity index (χ3v) is 7.85. The van der Waals surface area contributed by atoms with E-state index >= 15 is 0 Å². The van der Waals surface area contributed by atoms with Crippen LogP contribution in [-0.4, -0.2) is 16.2 Å². The van der Waals surface area contributed by atoms with Crippen LogP contribution in [0.3, 0.4) is 0 Å². The molecule has 3 aromatic rings. The molecule has 0 spiro atoms. The Morgan fingerprint density at radius 2 is 1.86 bits per heavy atom. The minimum atomic E-state index is -0.595. The number of fused-ring (bicyclic) bond motifs is 3. The van der Waals surface area contributed by atoms with Gasteiger partial charge in [0.15, 0.2) is 0 Å². The molecule has 0 radical (unpaired) electrons. The molecule has 3 nitrogen and oxygen atoms in total. The molecule has 150 valence electrons. The van der Waals surface area contributed by atoms with Crippen LogP contribution in [0.25, 0.3) is 10.9 Å². The molecule has 0 bridgehead atoms. The second-order valence-electron chi connectivity index (χ2n) is 9.50. The van der Waals surface area contributed by atoms with Gasteiger partial charge in [-0.15, -0.1) is 0 Å². The summed E-state index contributed by atoms with van der Waals surface area (Å²) in [6, 6.07) is 18.5. The Morgan fingerprint density at radius 1 is 1.03 bits per heavy atom. The summed E-state index contributed by atoms with van der Waals surface area (Å²) in [6.07, 6.45) is 7.89. The molecule has 3 aliphatic rings. The number of aryl methyl sites for hydroxylation is 1. The van der Waals surface area contributed by atoms with E-state index in [1.54, 1.807) is 16.2 Å². The maximum Gasteiger partial charge on any atom is 0.129 e. The Labute approximate surface area is 173 Å². The molecular weight excluding hydrogens is 356 g/mol. The molecule has 2 atom stereocenters. The number of quaternary nitrogens is 1. The molecule has 2 aliphatic carbocycles. The molecule has 2 heterocycles. The first-order valence-electron chi connectivity index (χ1n) is 11.5. The summed E-state index contributed by atoms with van der Waals surface area (Å²) in [4.78, 5) is 1.72. The Morgan fingerprint density at radius 3 is 2.69 bits per heavy atom. The van der Waals surface area contributed by atoms with Crippen molar-refractivity contribution in [1.82, 2.24) is 4.57 Å². The number of nitrogens with zero attached hydrogens (tertiary/aromatic N) is 1. The van der Waals surface area contributed by atoms with Crippen molar-refractivity contribution in [2.75, 3.05) is 6.54 Å². The van der Waals surface area contributed by atoms with Gasteiger partial charge < -0.3 is 14.6 Å². The Bertz CT molecular complexity index is 1050. The molecule has 0 amide bonds. The van der Waals surface area contributed by atoms with Crippen molar-refractivity contribution in [1.29, 1.82) is 0 Å². The number of benzene rings is 2. The highest BCUT2D eigenvalue weighted by Crippen LogP contribution is 2.42. The van der Waals surface area contributed by atoms with Crippen LogP contribution >= 0.6 is 0 Å². The number of aliphatic hydroxyl groups is 1. The lowest BCUT2D eigenvalue weighted by atomic mass is 9.87. The molecule has 29 heavy (non-hydrogen) atoms. The normalized spacial score (nSPS) is 25.3. The summed E-state index contributed by atoms with van der Waals surface area (Å²) < 4.78 is 2.62. The molecule has 1 saturated carbocycles.